The van der Waals surface area contributed by atoms with E-state index in [1.807, 2.05) is 17.0 Å². The molecule has 1 aliphatic rings. The number of carbonyl (C=O) groups excluding carboxylic acids is 1. The van der Waals surface area contributed by atoms with Crippen molar-refractivity contribution in [1.29, 1.82) is 0 Å². The van der Waals surface area contributed by atoms with Gasteiger partial charge in [-0.3, -0.25) is 9.78 Å². The molecule has 0 bridgehead atoms. The van der Waals surface area contributed by atoms with Crippen molar-refractivity contribution in [2.75, 3.05) is 13.1 Å². The van der Waals surface area contributed by atoms with Crippen LogP contribution in [-0.2, 0) is 0 Å². The summed E-state index contributed by atoms with van der Waals surface area (Å²) < 4.78 is 13.9. The highest BCUT2D eigenvalue weighted by Gasteiger charge is 2.24. The van der Waals surface area contributed by atoms with Crippen LogP contribution in [0.15, 0.2) is 47.2 Å². The average molecular weight is 377 g/mol. The Balaban J connectivity index is 1.79. The first kappa shape index (κ1) is 16.1. The molecule has 2 heterocycles. The molecular weight excluding hydrogens is 359 g/mol. The van der Waals surface area contributed by atoms with Gasteiger partial charge < -0.3 is 4.90 Å². The van der Waals surface area contributed by atoms with Crippen LogP contribution in [-0.4, -0.2) is 28.9 Å². The first-order chi connectivity index (χ1) is 11.1. The molecule has 1 atom stereocenters. The molecule has 0 unspecified atom stereocenters. The molecule has 120 valence electrons. The van der Waals surface area contributed by atoms with Crippen LogP contribution in [0, 0.1) is 5.82 Å². The fourth-order valence-electron chi connectivity index (χ4n) is 3.04. The number of nitrogens with zero attached hydrogens (tertiary/aromatic N) is 2. The van der Waals surface area contributed by atoms with Crippen LogP contribution in [0.25, 0.3) is 0 Å². The molecular formula is C18H18BrFN2O. The van der Waals surface area contributed by atoms with Crippen molar-refractivity contribution >= 4 is 21.8 Å². The Bertz CT molecular complexity index is 690. The van der Waals surface area contributed by atoms with Crippen LogP contribution < -0.4 is 0 Å². The quantitative estimate of drug-likeness (QED) is 0.778. The van der Waals surface area contributed by atoms with Crippen LogP contribution in [0.3, 0.4) is 0 Å². The second-order valence-corrected chi connectivity index (χ2v) is 6.80. The zero-order chi connectivity index (χ0) is 16.2. The molecule has 0 radical (unpaired) electrons. The molecule has 0 N–H and O–H groups in total. The van der Waals surface area contributed by atoms with E-state index in [0.29, 0.717) is 12.1 Å². The Hall–Kier alpha value is -1.75. The number of hydrogen-bond donors (Lipinski definition) is 0. The number of likely N-dealkylation sites (tertiary alicyclic amines) is 1. The molecule has 1 aromatic heterocycles. The van der Waals surface area contributed by atoms with Gasteiger partial charge in [0.2, 0.25) is 0 Å². The van der Waals surface area contributed by atoms with Crippen molar-refractivity contribution in [3.63, 3.8) is 0 Å². The fourth-order valence-corrected chi connectivity index (χ4v) is 3.41. The van der Waals surface area contributed by atoms with E-state index in [1.165, 1.54) is 12.1 Å². The summed E-state index contributed by atoms with van der Waals surface area (Å²) in [6, 6.07) is 8.44. The van der Waals surface area contributed by atoms with Gasteiger partial charge in [-0.1, -0.05) is 18.6 Å². The molecule has 1 aliphatic heterocycles. The molecule has 5 heteroatoms. The molecule has 0 spiro atoms. The average Bonchev–Trinajstić information content (AvgIpc) is 2.81. The molecule has 1 fully saturated rings. The van der Waals surface area contributed by atoms with Crippen molar-refractivity contribution in [1.82, 2.24) is 9.88 Å². The van der Waals surface area contributed by atoms with Crippen LogP contribution in [0.1, 0.15) is 41.1 Å². The lowest BCUT2D eigenvalue weighted by Crippen LogP contribution is -2.34. The van der Waals surface area contributed by atoms with E-state index in [9.17, 15) is 9.18 Å². The normalized spacial score (nSPS) is 18.5. The van der Waals surface area contributed by atoms with E-state index < -0.39 is 0 Å². The molecule has 23 heavy (non-hydrogen) atoms. The van der Waals surface area contributed by atoms with Gasteiger partial charge in [0, 0.05) is 35.9 Å². The number of benzene rings is 1. The summed E-state index contributed by atoms with van der Waals surface area (Å²) in [6.07, 6.45) is 6.35. The highest BCUT2D eigenvalue weighted by atomic mass is 79.9. The standard InChI is InChI=1S/C18H18BrFN2O/c19-16-9-15(10-21-11-16)18(23)22-8-2-1-3-14(12-22)13-4-6-17(20)7-5-13/h4-7,9-11,14H,1-3,8,12H2/t14-/m0/s1. The largest absolute Gasteiger partial charge is 0.338 e. The van der Waals surface area contributed by atoms with E-state index >= 15 is 0 Å². The van der Waals surface area contributed by atoms with Gasteiger partial charge in [0.15, 0.2) is 0 Å². The first-order valence-electron chi connectivity index (χ1n) is 7.79. The van der Waals surface area contributed by atoms with Gasteiger partial charge in [0.1, 0.15) is 5.82 Å². The van der Waals surface area contributed by atoms with E-state index in [1.54, 1.807) is 18.5 Å². The van der Waals surface area contributed by atoms with Gasteiger partial charge >= 0.3 is 0 Å². The van der Waals surface area contributed by atoms with Crippen molar-refractivity contribution in [3.8, 4) is 0 Å². The SMILES string of the molecule is O=C(c1cncc(Br)c1)N1CCCC[C@H](c2ccc(F)cc2)C1. The highest BCUT2D eigenvalue weighted by Crippen LogP contribution is 2.27. The van der Waals surface area contributed by atoms with E-state index in [0.717, 1.165) is 35.8 Å². The maximum atomic E-state index is 13.1. The van der Waals surface area contributed by atoms with Crippen molar-refractivity contribution in [2.24, 2.45) is 0 Å². The van der Waals surface area contributed by atoms with Crippen molar-refractivity contribution in [2.45, 2.75) is 25.2 Å². The Morgan fingerprint density at radius 3 is 2.74 bits per heavy atom. The minimum Gasteiger partial charge on any atom is -0.338 e. The summed E-state index contributed by atoms with van der Waals surface area (Å²) in [4.78, 5) is 18.7. The van der Waals surface area contributed by atoms with Crippen LogP contribution >= 0.6 is 15.9 Å². The van der Waals surface area contributed by atoms with E-state index in [-0.39, 0.29) is 17.6 Å². The summed E-state index contributed by atoms with van der Waals surface area (Å²) in [7, 11) is 0. The van der Waals surface area contributed by atoms with Crippen molar-refractivity contribution in [3.05, 3.63) is 64.1 Å². The molecule has 3 rings (SSSR count). The Kier molecular flexibility index (Phi) is 5.06. The first-order valence-corrected chi connectivity index (χ1v) is 8.58. The summed E-state index contributed by atoms with van der Waals surface area (Å²) in [5.41, 5.74) is 1.69. The minimum absolute atomic E-state index is 0.00723. The second kappa shape index (κ2) is 7.21. The van der Waals surface area contributed by atoms with E-state index in [2.05, 4.69) is 20.9 Å². The summed E-state index contributed by atoms with van der Waals surface area (Å²) in [5, 5.41) is 0. The number of rotatable bonds is 2. The lowest BCUT2D eigenvalue weighted by atomic mass is 9.94. The van der Waals surface area contributed by atoms with Crippen LogP contribution in [0.4, 0.5) is 4.39 Å². The highest BCUT2D eigenvalue weighted by molar-refractivity contribution is 9.10. The lowest BCUT2D eigenvalue weighted by molar-refractivity contribution is 0.0754. The van der Waals surface area contributed by atoms with Crippen molar-refractivity contribution < 1.29 is 9.18 Å². The smallest absolute Gasteiger partial charge is 0.255 e. The van der Waals surface area contributed by atoms with Gasteiger partial charge in [-0.05, 0) is 52.5 Å². The minimum atomic E-state index is -0.226. The molecule has 0 aliphatic carbocycles. The number of carbonyl (C=O) groups is 1. The second-order valence-electron chi connectivity index (χ2n) is 5.89. The maximum absolute atomic E-state index is 13.1. The van der Waals surface area contributed by atoms with Gasteiger partial charge in [-0.2, -0.15) is 0 Å². The van der Waals surface area contributed by atoms with Gasteiger partial charge in [0.05, 0.1) is 5.56 Å². The zero-order valence-electron chi connectivity index (χ0n) is 12.7. The lowest BCUT2D eigenvalue weighted by Gasteiger charge is -2.25. The molecule has 1 aromatic carbocycles. The number of hydrogen-bond acceptors (Lipinski definition) is 2. The van der Waals surface area contributed by atoms with Gasteiger partial charge in [-0.25, -0.2) is 4.39 Å². The third kappa shape index (κ3) is 3.96. The monoisotopic (exact) mass is 376 g/mol. The molecule has 1 amide bonds. The van der Waals surface area contributed by atoms with Gasteiger partial charge in [0.25, 0.3) is 5.91 Å². The maximum Gasteiger partial charge on any atom is 0.255 e. The Morgan fingerprint density at radius 2 is 2.00 bits per heavy atom. The number of aromatic nitrogens is 1. The van der Waals surface area contributed by atoms with E-state index in [4.69, 9.17) is 0 Å². The predicted molar refractivity (Wildman–Crippen MR) is 90.8 cm³/mol. The summed E-state index contributed by atoms with van der Waals surface area (Å²) >= 11 is 3.36. The topological polar surface area (TPSA) is 33.2 Å². The third-order valence-corrected chi connectivity index (χ3v) is 4.69. The van der Waals surface area contributed by atoms with Gasteiger partial charge in [-0.15, -0.1) is 0 Å². The third-order valence-electron chi connectivity index (χ3n) is 4.25. The fraction of sp³-hybridized carbons (Fsp3) is 0.333. The Morgan fingerprint density at radius 1 is 1.22 bits per heavy atom. The summed E-state index contributed by atoms with van der Waals surface area (Å²) in [5.74, 6) is 0.0329. The predicted octanol–water partition coefficient (Wildman–Crippen LogP) is 4.39. The summed E-state index contributed by atoms with van der Waals surface area (Å²) in [6.45, 7) is 1.42. The van der Waals surface area contributed by atoms with Crippen LogP contribution in [0.5, 0.6) is 0 Å². The molecule has 0 saturated carbocycles. The molecule has 2 aromatic rings. The number of halogens is 2. The van der Waals surface area contributed by atoms with Crippen LogP contribution in [0.2, 0.25) is 0 Å². The number of pyridine rings is 1. The molecule has 1 saturated heterocycles. The zero-order valence-corrected chi connectivity index (χ0v) is 14.3. The number of amides is 1. The Labute approximate surface area is 143 Å². The molecule has 3 nitrogen and oxygen atoms in total.